The van der Waals surface area contributed by atoms with E-state index in [0.717, 1.165) is 57.8 Å². The molecule has 0 aromatic carbocycles. The van der Waals surface area contributed by atoms with Crippen molar-refractivity contribution in [3.05, 3.63) is 12.4 Å². The van der Waals surface area contributed by atoms with Crippen molar-refractivity contribution in [1.82, 2.24) is 15.1 Å². The minimum Gasteiger partial charge on any atom is -0.460 e. The van der Waals surface area contributed by atoms with Gasteiger partial charge in [-0.3, -0.25) is 9.69 Å². The first kappa shape index (κ1) is 50.7. The summed E-state index contributed by atoms with van der Waals surface area (Å²) in [4.78, 5) is 17.6. The molecule has 0 aliphatic carbocycles. The van der Waals surface area contributed by atoms with Crippen molar-refractivity contribution in [3.63, 3.8) is 0 Å². The van der Waals surface area contributed by atoms with E-state index in [1.165, 1.54) is 122 Å². The van der Waals surface area contributed by atoms with E-state index in [4.69, 9.17) is 4.74 Å². The number of cyclic esters (lactones) is 1. The molecular formula is C46H91N3O5. The van der Waals surface area contributed by atoms with Gasteiger partial charge in [-0.1, -0.05) is 175 Å². The molecular weight excluding hydrogens is 675 g/mol. The van der Waals surface area contributed by atoms with Gasteiger partial charge in [-0.15, -0.1) is 0 Å². The molecule has 0 saturated carbocycles. The first-order valence-electron chi connectivity index (χ1n) is 23.4. The number of carbonyl (C=O) groups is 1. The lowest BCUT2D eigenvalue weighted by atomic mass is 10.0. The molecule has 1 rings (SSSR count). The summed E-state index contributed by atoms with van der Waals surface area (Å²) >= 11 is 0. The maximum atomic E-state index is 13.5. The van der Waals surface area contributed by atoms with Gasteiger partial charge in [-0.05, 0) is 45.4 Å². The molecule has 0 amide bonds. The Morgan fingerprint density at radius 2 is 1.15 bits per heavy atom. The number of hydrogen-bond donors (Lipinski definition) is 4. The van der Waals surface area contributed by atoms with Gasteiger partial charge in [-0.2, -0.15) is 0 Å². The van der Waals surface area contributed by atoms with Crippen LogP contribution >= 0.6 is 0 Å². The van der Waals surface area contributed by atoms with Gasteiger partial charge >= 0.3 is 5.97 Å². The van der Waals surface area contributed by atoms with E-state index in [1.54, 1.807) is 6.92 Å². The maximum absolute atomic E-state index is 13.5. The van der Waals surface area contributed by atoms with Crippen LogP contribution in [0.25, 0.3) is 0 Å². The highest BCUT2D eigenvalue weighted by Gasteiger charge is 2.36. The lowest BCUT2D eigenvalue weighted by Crippen LogP contribution is -2.54. The molecule has 4 N–H and O–H groups in total. The van der Waals surface area contributed by atoms with Crippen molar-refractivity contribution in [2.75, 3.05) is 32.7 Å². The lowest BCUT2D eigenvalue weighted by Gasteiger charge is -2.39. The fourth-order valence-electron chi connectivity index (χ4n) is 7.97. The standard InChI is InChI=1S/C46H91N3O5/c1-6-9-12-15-18-21-24-27-31-42(51)37-48(36-40(4)50)41(5)47-35-30-34-45-46(53)54-44(33-29-26-23-20-17-14-11-8-3)39-49(45)38-43(52)32-28-25-22-19-16-13-10-7-2/h40,42-45,47,50-52H,5-39H2,1-4H3. The van der Waals surface area contributed by atoms with E-state index in [0.29, 0.717) is 45.0 Å². The highest BCUT2D eigenvalue weighted by Crippen LogP contribution is 2.23. The first-order valence-corrected chi connectivity index (χ1v) is 23.4. The molecule has 5 atom stereocenters. The molecule has 8 nitrogen and oxygen atoms in total. The molecule has 0 spiro atoms. The lowest BCUT2D eigenvalue weighted by molar-refractivity contribution is -0.168. The van der Waals surface area contributed by atoms with E-state index in [-0.39, 0.29) is 18.1 Å². The second-order valence-electron chi connectivity index (χ2n) is 16.9. The summed E-state index contributed by atoms with van der Waals surface area (Å²) in [6.45, 7) is 15.4. The highest BCUT2D eigenvalue weighted by molar-refractivity contribution is 5.76. The third-order valence-corrected chi connectivity index (χ3v) is 11.3. The summed E-state index contributed by atoms with van der Waals surface area (Å²) in [7, 11) is 0. The van der Waals surface area contributed by atoms with Gasteiger partial charge in [0.05, 0.1) is 24.1 Å². The molecule has 5 unspecified atom stereocenters. The quantitative estimate of drug-likeness (QED) is 0.0362. The minimum absolute atomic E-state index is 0.103. The van der Waals surface area contributed by atoms with Crippen LogP contribution in [0.15, 0.2) is 12.4 Å². The molecule has 0 radical (unpaired) electrons. The first-order chi connectivity index (χ1) is 26.2. The van der Waals surface area contributed by atoms with Crippen molar-refractivity contribution in [2.45, 2.75) is 244 Å². The number of morpholine rings is 1. The number of ether oxygens (including phenoxy) is 1. The Balaban J connectivity index is 2.61. The topological polar surface area (TPSA) is 106 Å². The van der Waals surface area contributed by atoms with Crippen LogP contribution in [0.3, 0.4) is 0 Å². The zero-order chi connectivity index (χ0) is 39.7. The Morgan fingerprint density at radius 1 is 0.685 bits per heavy atom. The second kappa shape index (κ2) is 34.9. The second-order valence-corrected chi connectivity index (χ2v) is 16.9. The van der Waals surface area contributed by atoms with Gasteiger partial charge in [0.15, 0.2) is 0 Å². The number of nitrogens with one attached hydrogen (secondary N) is 1. The zero-order valence-corrected chi connectivity index (χ0v) is 36.2. The van der Waals surface area contributed by atoms with Gasteiger partial charge in [0.1, 0.15) is 12.1 Å². The molecule has 0 bridgehead atoms. The molecule has 54 heavy (non-hydrogen) atoms. The van der Waals surface area contributed by atoms with Crippen LogP contribution in [0.4, 0.5) is 0 Å². The number of β-amino-alcohol motifs (C(OH)–C–C–N with tert-alkyl or cyclic N) is 1. The van der Waals surface area contributed by atoms with Crippen LogP contribution < -0.4 is 5.32 Å². The minimum atomic E-state index is -0.541. The summed E-state index contributed by atoms with van der Waals surface area (Å²) in [5, 5.41) is 35.5. The predicted molar refractivity (Wildman–Crippen MR) is 229 cm³/mol. The number of hydrogen-bond acceptors (Lipinski definition) is 8. The summed E-state index contributed by atoms with van der Waals surface area (Å²) in [6.07, 6.45) is 32.2. The van der Waals surface area contributed by atoms with Crippen molar-refractivity contribution in [3.8, 4) is 0 Å². The zero-order valence-electron chi connectivity index (χ0n) is 36.2. The van der Waals surface area contributed by atoms with E-state index >= 15 is 0 Å². The molecule has 8 heteroatoms. The predicted octanol–water partition coefficient (Wildman–Crippen LogP) is 10.4. The summed E-state index contributed by atoms with van der Waals surface area (Å²) in [5.41, 5.74) is 0. The van der Waals surface area contributed by atoms with Crippen LogP contribution in [0.1, 0.15) is 214 Å². The number of nitrogens with zero attached hydrogens (tertiary/aromatic N) is 2. The SMILES string of the molecule is C=C(NCCCC1C(=O)OC(CCCCCCCCCC)CN1CC(O)CCCCCCCCCC)N(CC(C)O)CC(O)CCCCCCCCCC. The molecule has 1 fully saturated rings. The number of aliphatic hydroxyl groups excluding tert-OH is 3. The van der Waals surface area contributed by atoms with Crippen LogP contribution in [0, 0.1) is 0 Å². The van der Waals surface area contributed by atoms with E-state index in [9.17, 15) is 20.1 Å². The van der Waals surface area contributed by atoms with Gasteiger partial charge in [0.25, 0.3) is 0 Å². The van der Waals surface area contributed by atoms with Crippen LogP contribution in [-0.2, 0) is 9.53 Å². The Kier molecular flexibility index (Phi) is 32.7. The third kappa shape index (κ3) is 27.3. The average molecular weight is 766 g/mol. The van der Waals surface area contributed by atoms with E-state index in [2.05, 4.69) is 37.6 Å². The summed E-state index contributed by atoms with van der Waals surface area (Å²) in [5.74, 6) is 0.545. The third-order valence-electron chi connectivity index (χ3n) is 11.3. The van der Waals surface area contributed by atoms with Gasteiger partial charge in [-0.25, -0.2) is 0 Å². The molecule has 1 saturated heterocycles. The smallest absolute Gasteiger partial charge is 0.323 e. The number of carbonyl (C=O) groups excluding carboxylic acids is 1. The van der Waals surface area contributed by atoms with Gasteiger partial charge in [0, 0.05) is 32.7 Å². The Hall–Kier alpha value is -1.35. The molecule has 1 aliphatic rings. The van der Waals surface area contributed by atoms with E-state index < -0.39 is 18.3 Å². The summed E-state index contributed by atoms with van der Waals surface area (Å²) in [6, 6.07) is -0.356. The maximum Gasteiger partial charge on any atom is 0.323 e. The van der Waals surface area contributed by atoms with Gasteiger partial charge < -0.3 is 30.3 Å². The van der Waals surface area contributed by atoms with Crippen molar-refractivity contribution in [2.24, 2.45) is 0 Å². The monoisotopic (exact) mass is 766 g/mol. The van der Waals surface area contributed by atoms with Crippen LogP contribution in [0.5, 0.6) is 0 Å². The molecule has 0 aromatic heterocycles. The van der Waals surface area contributed by atoms with Crippen LogP contribution in [0.2, 0.25) is 0 Å². The largest absolute Gasteiger partial charge is 0.460 e. The Labute approximate surface area is 334 Å². The number of aliphatic hydroxyl groups is 3. The van der Waals surface area contributed by atoms with Gasteiger partial charge in [0.2, 0.25) is 0 Å². The Bertz CT molecular complexity index is 871. The average Bonchev–Trinajstić information content (AvgIpc) is 3.13. The normalized spacial score (nSPS) is 18.0. The fourth-order valence-corrected chi connectivity index (χ4v) is 7.97. The Morgan fingerprint density at radius 3 is 1.65 bits per heavy atom. The van der Waals surface area contributed by atoms with Crippen molar-refractivity contribution >= 4 is 5.97 Å². The number of unbranched alkanes of at least 4 members (excludes halogenated alkanes) is 21. The molecule has 0 aromatic rings. The van der Waals surface area contributed by atoms with Crippen molar-refractivity contribution in [1.29, 1.82) is 0 Å². The fraction of sp³-hybridized carbons (Fsp3) is 0.935. The van der Waals surface area contributed by atoms with Crippen molar-refractivity contribution < 1.29 is 24.9 Å². The number of esters is 1. The molecule has 320 valence electrons. The van der Waals surface area contributed by atoms with E-state index in [1.807, 2.05) is 4.90 Å². The van der Waals surface area contributed by atoms with Crippen LogP contribution in [-0.4, -0.2) is 94.3 Å². The number of rotatable bonds is 39. The molecule has 1 aliphatic heterocycles. The highest BCUT2D eigenvalue weighted by atomic mass is 16.5. The summed E-state index contributed by atoms with van der Waals surface area (Å²) < 4.78 is 6.03. The molecule has 1 heterocycles.